The number of rotatable bonds is 10. The number of ether oxygens (including phenoxy) is 2. The van der Waals surface area contributed by atoms with Crippen LogP contribution in [0.15, 0.2) is 24.3 Å². The van der Waals surface area contributed by atoms with Crippen LogP contribution in [-0.2, 0) is 25.6 Å². The number of aryl methyl sites for hydroxylation is 1. The van der Waals surface area contributed by atoms with Gasteiger partial charge in [0.25, 0.3) is 5.91 Å². The molecule has 2 amide bonds. The quantitative estimate of drug-likeness (QED) is 0.392. The minimum absolute atomic E-state index is 0.0671. The molecule has 0 radical (unpaired) electrons. The van der Waals surface area contributed by atoms with E-state index in [0.29, 0.717) is 83.9 Å². The van der Waals surface area contributed by atoms with Crippen LogP contribution in [0.4, 0.5) is 13.2 Å². The Bertz CT molecular complexity index is 1210. The molecule has 2 aliphatic rings. The molecule has 4 rings (SSSR count). The second kappa shape index (κ2) is 16.0. The van der Waals surface area contributed by atoms with Gasteiger partial charge >= 0.3 is 12.1 Å². The van der Waals surface area contributed by atoms with E-state index in [2.05, 4.69) is 19.2 Å². The molecule has 2 N–H and O–H groups in total. The van der Waals surface area contributed by atoms with E-state index in [1.54, 1.807) is 0 Å². The van der Waals surface area contributed by atoms with Crippen LogP contribution in [0.5, 0.6) is 0 Å². The highest BCUT2D eigenvalue weighted by molar-refractivity contribution is 5.95. The number of nitrogens with one attached hydrogen (secondary N) is 1. The number of aromatic nitrogens is 2. The number of nitrogens with zero attached hydrogens (tertiary/aromatic N) is 4. The average Bonchev–Trinajstić information content (AvgIpc) is 3.36. The van der Waals surface area contributed by atoms with Crippen LogP contribution in [-0.4, -0.2) is 114 Å². The van der Waals surface area contributed by atoms with Crippen molar-refractivity contribution in [1.29, 1.82) is 0 Å². The van der Waals surface area contributed by atoms with Crippen LogP contribution in [0, 0.1) is 11.8 Å². The first-order valence-electron chi connectivity index (χ1n) is 14.6. The Morgan fingerprint density at radius 2 is 1.86 bits per heavy atom. The Hall–Kier alpha value is -3.23. The summed E-state index contributed by atoms with van der Waals surface area (Å²) in [6.07, 6.45) is -3.62. The number of carbonyl (C=O) groups excluding carboxylic acids is 2. The Kier molecular flexibility index (Phi) is 12.8. The molecule has 0 unspecified atom stereocenters. The van der Waals surface area contributed by atoms with Gasteiger partial charge in [-0.15, -0.1) is 0 Å². The molecule has 0 saturated carbocycles. The summed E-state index contributed by atoms with van der Waals surface area (Å²) in [6, 6.07) is 7.84. The summed E-state index contributed by atoms with van der Waals surface area (Å²) >= 11 is 0. The smallest absolute Gasteiger partial charge is 0.475 e. The lowest BCUT2D eigenvalue weighted by molar-refractivity contribution is -0.192. The number of hydrogen-bond donors (Lipinski definition) is 2. The lowest BCUT2D eigenvalue weighted by Crippen LogP contribution is -2.56. The van der Waals surface area contributed by atoms with Gasteiger partial charge in [0, 0.05) is 58.5 Å². The monoisotopic (exact) mass is 613 g/mol. The van der Waals surface area contributed by atoms with Crippen LogP contribution < -0.4 is 5.32 Å². The van der Waals surface area contributed by atoms with Crippen molar-refractivity contribution in [2.75, 3.05) is 59.2 Å². The number of hydrogen-bond acceptors (Lipinski definition) is 7. The van der Waals surface area contributed by atoms with Gasteiger partial charge in [0.05, 0.1) is 30.2 Å². The molecule has 2 saturated heterocycles. The van der Waals surface area contributed by atoms with Crippen molar-refractivity contribution in [3.05, 3.63) is 30.1 Å². The van der Waals surface area contributed by atoms with Crippen LogP contribution in [0.25, 0.3) is 11.0 Å². The number of imidazole rings is 1. The predicted molar refractivity (Wildman–Crippen MR) is 153 cm³/mol. The molecule has 3 heterocycles. The Balaban J connectivity index is 0.000000646. The summed E-state index contributed by atoms with van der Waals surface area (Å²) in [6.45, 7) is 12.6. The molecule has 0 spiro atoms. The number of fused-ring (bicyclic) bond motifs is 1. The average molecular weight is 614 g/mol. The van der Waals surface area contributed by atoms with E-state index < -0.39 is 12.1 Å². The number of amides is 2. The molecule has 0 aliphatic carbocycles. The first kappa shape index (κ1) is 34.3. The number of morpholine rings is 1. The van der Waals surface area contributed by atoms with Crippen molar-refractivity contribution in [2.24, 2.45) is 11.8 Å². The largest absolute Gasteiger partial charge is 0.490 e. The van der Waals surface area contributed by atoms with Gasteiger partial charge in [-0.25, -0.2) is 9.78 Å². The maximum Gasteiger partial charge on any atom is 0.490 e. The lowest BCUT2D eigenvalue weighted by atomic mass is 9.92. The fourth-order valence-electron chi connectivity index (χ4n) is 5.24. The van der Waals surface area contributed by atoms with E-state index in [0.717, 1.165) is 17.5 Å². The van der Waals surface area contributed by atoms with Crippen LogP contribution in [0.3, 0.4) is 0 Å². The second-order valence-electron chi connectivity index (χ2n) is 11.0. The SMILES string of the molecule is CCOCCCn1c(C(=O)N(CC(C)C)[C@@H]2CNC[C@H](C(=O)N3CCOCC3)C2)nc2ccccc21.O=C(O)C(F)(F)F. The second-order valence-corrected chi connectivity index (χ2v) is 11.0. The third-order valence-corrected chi connectivity index (χ3v) is 7.23. The number of benzene rings is 1. The molecule has 2 atom stereocenters. The van der Waals surface area contributed by atoms with Crippen molar-refractivity contribution < 1.29 is 42.1 Å². The van der Waals surface area contributed by atoms with Gasteiger partial charge < -0.3 is 34.3 Å². The normalized spacial score (nSPS) is 19.2. The molecule has 0 bridgehead atoms. The van der Waals surface area contributed by atoms with Crippen LogP contribution in [0.2, 0.25) is 0 Å². The number of carboxylic acids is 1. The highest BCUT2D eigenvalue weighted by atomic mass is 19.4. The summed E-state index contributed by atoms with van der Waals surface area (Å²) in [4.78, 5) is 44.9. The first-order chi connectivity index (χ1) is 20.4. The highest BCUT2D eigenvalue weighted by Crippen LogP contribution is 2.24. The van der Waals surface area contributed by atoms with Crippen molar-refractivity contribution in [1.82, 2.24) is 24.7 Å². The molecule has 2 fully saturated rings. The van der Waals surface area contributed by atoms with E-state index in [1.807, 2.05) is 45.6 Å². The number of carbonyl (C=O) groups is 3. The lowest BCUT2D eigenvalue weighted by Gasteiger charge is -2.40. The van der Waals surface area contributed by atoms with Crippen molar-refractivity contribution >= 4 is 28.8 Å². The zero-order valence-corrected chi connectivity index (χ0v) is 24.9. The van der Waals surface area contributed by atoms with Gasteiger partial charge in [-0.3, -0.25) is 9.59 Å². The van der Waals surface area contributed by atoms with Gasteiger partial charge in [-0.05, 0) is 37.8 Å². The number of carboxylic acid groups (broad SMARTS) is 1. The summed E-state index contributed by atoms with van der Waals surface area (Å²) in [5.41, 5.74) is 1.79. The summed E-state index contributed by atoms with van der Waals surface area (Å²) in [7, 11) is 0. The minimum Gasteiger partial charge on any atom is -0.475 e. The Morgan fingerprint density at radius 1 is 1.19 bits per heavy atom. The van der Waals surface area contributed by atoms with Crippen molar-refractivity contribution in [2.45, 2.75) is 52.4 Å². The zero-order chi connectivity index (χ0) is 31.6. The molecular formula is C29H42F3N5O6. The minimum atomic E-state index is -5.08. The van der Waals surface area contributed by atoms with E-state index in [9.17, 15) is 22.8 Å². The number of aliphatic carboxylic acids is 1. The molecular weight excluding hydrogens is 571 g/mol. The summed E-state index contributed by atoms with van der Waals surface area (Å²) < 4.78 is 44.7. The zero-order valence-electron chi connectivity index (χ0n) is 24.9. The Morgan fingerprint density at radius 3 is 2.49 bits per heavy atom. The van der Waals surface area contributed by atoms with E-state index in [-0.39, 0.29) is 23.8 Å². The fraction of sp³-hybridized carbons (Fsp3) is 0.655. The molecule has 240 valence electrons. The fourth-order valence-corrected chi connectivity index (χ4v) is 5.24. The van der Waals surface area contributed by atoms with Crippen LogP contribution in [0.1, 0.15) is 44.2 Å². The molecule has 2 aliphatic heterocycles. The number of piperidine rings is 1. The van der Waals surface area contributed by atoms with Gasteiger partial charge in [-0.2, -0.15) is 13.2 Å². The number of alkyl halides is 3. The maximum atomic E-state index is 14.1. The van der Waals surface area contributed by atoms with E-state index in [1.165, 1.54) is 0 Å². The molecule has 1 aromatic heterocycles. The third kappa shape index (κ3) is 9.63. The summed E-state index contributed by atoms with van der Waals surface area (Å²) in [5.74, 6) is -2.05. The topological polar surface area (TPSA) is 126 Å². The number of para-hydroxylation sites is 2. The standard InChI is InChI=1S/C27H41N5O4.C2HF3O2/c1-4-35-13-7-10-31-24-9-6-5-8-23(24)29-25(31)27(34)32(19-20(2)3)22-16-21(17-28-18-22)26(33)30-11-14-36-15-12-30;3-2(4,5)1(6)7/h5-6,8-9,20-22,28H,4,7,10-19H2,1-3H3;(H,6,7)/t21-,22+;/m1./s1. The van der Waals surface area contributed by atoms with Gasteiger partial charge in [-0.1, -0.05) is 26.0 Å². The summed E-state index contributed by atoms with van der Waals surface area (Å²) in [5, 5.41) is 10.6. The van der Waals surface area contributed by atoms with Gasteiger partial charge in [0.2, 0.25) is 5.91 Å². The molecule has 14 heteroatoms. The highest BCUT2D eigenvalue weighted by Gasteiger charge is 2.38. The Labute approximate surface area is 249 Å². The molecule has 43 heavy (non-hydrogen) atoms. The van der Waals surface area contributed by atoms with Gasteiger partial charge in [0.1, 0.15) is 0 Å². The predicted octanol–water partition coefficient (Wildman–Crippen LogP) is 3.03. The van der Waals surface area contributed by atoms with E-state index in [4.69, 9.17) is 24.4 Å². The number of halogens is 3. The van der Waals surface area contributed by atoms with Crippen molar-refractivity contribution in [3.63, 3.8) is 0 Å². The van der Waals surface area contributed by atoms with Gasteiger partial charge in [0.15, 0.2) is 5.82 Å². The third-order valence-electron chi connectivity index (χ3n) is 7.23. The van der Waals surface area contributed by atoms with Crippen molar-refractivity contribution in [3.8, 4) is 0 Å². The molecule has 2 aromatic rings. The van der Waals surface area contributed by atoms with Crippen LogP contribution >= 0.6 is 0 Å². The first-order valence-corrected chi connectivity index (χ1v) is 14.6. The molecule has 1 aromatic carbocycles. The van der Waals surface area contributed by atoms with E-state index >= 15 is 0 Å². The molecule has 11 nitrogen and oxygen atoms in total. The maximum absolute atomic E-state index is 14.1.